The molecule has 0 unspecified atom stereocenters. The van der Waals surface area contributed by atoms with Crippen molar-refractivity contribution in [2.45, 2.75) is 33.2 Å². The van der Waals surface area contributed by atoms with Gasteiger partial charge < -0.3 is 15.4 Å². The van der Waals surface area contributed by atoms with Crippen LogP contribution in [0, 0.1) is 0 Å². The van der Waals surface area contributed by atoms with Gasteiger partial charge >= 0.3 is 0 Å². The lowest BCUT2D eigenvalue weighted by molar-refractivity contribution is 0.0377. The maximum absolute atomic E-state index is 5.33. The molecule has 5 nitrogen and oxygen atoms in total. The van der Waals surface area contributed by atoms with Crippen LogP contribution in [-0.2, 0) is 4.74 Å². The van der Waals surface area contributed by atoms with Crippen LogP contribution >= 0.6 is 24.0 Å². The van der Waals surface area contributed by atoms with Gasteiger partial charge in [-0.1, -0.05) is 0 Å². The molecular weight excluding hydrogens is 355 g/mol. The summed E-state index contributed by atoms with van der Waals surface area (Å²) in [5.74, 6) is 0.925. The Kier molecular flexibility index (Phi) is 11.7. The Hall–Kier alpha value is -0.0800. The van der Waals surface area contributed by atoms with Crippen LogP contribution in [0.15, 0.2) is 4.99 Å². The third-order valence-corrected chi connectivity index (χ3v) is 2.78. The molecule has 1 heterocycles. The normalized spacial score (nSPS) is 17.2. The number of hydrogen-bond donors (Lipinski definition) is 2. The number of hydrogen-bond acceptors (Lipinski definition) is 3. The first-order valence-corrected chi connectivity index (χ1v) is 7.07. The van der Waals surface area contributed by atoms with E-state index in [1.165, 1.54) is 0 Å². The van der Waals surface area contributed by atoms with Gasteiger partial charge in [0.2, 0.25) is 0 Å². The first-order valence-electron chi connectivity index (χ1n) is 7.07. The van der Waals surface area contributed by atoms with Crippen molar-refractivity contribution in [1.29, 1.82) is 0 Å². The SMILES string of the molecule is CCNC(=NCCCN1CCOCC1)NC(C)C.I. The molecular formula is C13H29IN4O. The van der Waals surface area contributed by atoms with Crippen molar-refractivity contribution in [3.05, 3.63) is 0 Å². The molecule has 0 amide bonds. The minimum Gasteiger partial charge on any atom is -0.379 e. The van der Waals surface area contributed by atoms with Gasteiger partial charge in [-0.3, -0.25) is 9.89 Å². The van der Waals surface area contributed by atoms with Gasteiger partial charge in [0.05, 0.1) is 13.2 Å². The summed E-state index contributed by atoms with van der Waals surface area (Å²) in [5, 5.41) is 6.58. The highest BCUT2D eigenvalue weighted by Gasteiger charge is 2.08. The molecule has 0 atom stereocenters. The minimum absolute atomic E-state index is 0. The second-order valence-corrected chi connectivity index (χ2v) is 4.87. The molecule has 0 spiro atoms. The zero-order chi connectivity index (χ0) is 13.2. The molecule has 1 aliphatic heterocycles. The van der Waals surface area contributed by atoms with Crippen LogP contribution in [0.1, 0.15) is 27.2 Å². The van der Waals surface area contributed by atoms with E-state index in [0.717, 1.165) is 58.3 Å². The van der Waals surface area contributed by atoms with Gasteiger partial charge in [-0.2, -0.15) is 0 Å². The van der Waals surface area contributed by atoms with Gasteiger partial charge in [0.1, 0.15) is 0 Å². The van der Waals surface area contributed by atoms with E-state index < -0.39 is 0 Å². The Labute approximate surface area is 134 Å². The Morgan fingerprint density at radius 1 is 1.32 bits per heavy atom. The van der Waals surface area contributed by atoms with Crippen LogP contribution in [0.3, 0.4) is 0 Å². The van der Waals surface area contributed by atoms with Gasteiger partial charge in [-0.25, -0.2) is 0 Å². The number of nitrogens with one attached hydrogen (secondary N) is 2. The molecule has 0 aromatic rings. The van der Waals surface area contributed by atoms with Crippen LogP contribution in [-0.4, -0.2) is 62.8 Å². The fraction of sp³-hybridized carbons (Fsp3) is 0.923. The number of halogens is 1. The van der Waals surface area contributed by atoms with Gasteiger partial charge in [0.25, 0.3) is 0 Å². The van der Waals surface area contributed by atoms with Crippen molar-refractivity contribution in [2.75, 3.05) is 45.9 Å². The van der Waals surface area contributed by atoms with Crippen LogP contribution < -0.4 is 10.6 Å². The number of rotatable bonds is 6. The molecule has 1 aliphatic rings. The first kappa shape index (κ1) is 18.9. The molecule has 19 heavy (non-hydrogen) atoms. The monoisotopic (exact) mass is 384 g/mol. The molecule has 1 fully saturated rings. The maximum Gasteiger partial charge on any atom is 0.191 e. The highest BCUT2D eigenvalue weighted by atomic mass is 127. The fourth-order valence-corrected chi connectivity index (χ4v) is 1.90. The summed E-state index contributed by atoms with van der Waals surface area (Å²) < 4.78 is 5.33. The molecule has 2 N–H and O–H groups in total. The van der Waals surface area contributed by atoms with Crippen molar-refractivity contribution >= 4 is 29.9 Å². The zero-order valence-corrected chi connectivity index (χ0v) is 14.8. The quantitative estimate of drug-likeness (QED) is 0.314. The average molecular weight is 384 g/mol. The van der Waals surface area contributed by atoms with Crippen LogP contribution in [0.5, 0.6) is 0 Å². The van der Waals surface area contributed by atoms with Gasteiger partial charge in [-0.05, 0) is 27.2 Å². The van der Waals surface area contributed by atoms with E-state index in [2.05, 4.69) is 41.3 Å². The predicted octanol–water partition coefficient (Wildman–Crippen LogP) is 1.29. The summed E-state index contributed by atoms with van der Waals surface area (Å²) in [6.07, 6.45) is 1.11. The Balaban J connectivity index is 0.00000324. The van der Waals surface area contributed by atoms with Crippen LogP contribution in [0.2, 0.25) is 0 Å². The molecule has 1 rings (SSSR count). The number of ether oxygens (including phenoxy) is 1. The second-order valence-electron chi connectivity index (χ2n) is 4.87. The molecule has 0 aromatic carbocycles. The van der Waals surface area contributed by atoms with E-state index in [1.54, 1.807) is 0 Å². The molecule has 0 aromatic heterocycles. The van der Waals surface area contributed by atoms with Crippen molar-refractivity contribution < 1.29 is 4.74 Å². The van der Waals surface area contributed by atoms with Crippen molar-refractivity contribution in [1.82, 2.24) is 15.5 Å². The molecule has 0 bridgehead atoms. The van der Waals surface area contributed by atoms with Crippen LogP contribution in [0.4, 0.5) is 0 Å². The summed E-state index contributed by atoms with van der Waals surface area (Å²) in [6, 6.07) is 0.419. The number of guanidine groups is 1. The number of morpholine rings is 1. The standard InChI is InChI=1S/C13H28N4O.HI/c1-4-14-13(16-12(2)3)15-6-5-7-17-8-10-18-11-9-17;/h12H,4-11H2,1-3H3,(H2,14,15,16);1H. The lowest BCUT2D eigenvalue weighted by Crippen LogP contribution is -2.41. The van der Waals surface area contributed by atoms with Crippen molar-refractivity contribution in [3.63, 3.8) is 0 Å². The van der Waals surface area contributed by atoms with E-state index in [9.17, 15) is 0 Å². The van der Waals surface area contributed by atoms with Crippen LogP contribution in [0.25, 0.3) is 0 Å². The first-order chi connectivity index (χ1) is 8.72. The molecule has 0 aliphatic carbocycles. The third-order valence-electron chi connectivity index (χ3n) is 2.78. The molecule has 1 saturated heterocycles. The summed E-state index contributed by atoms with van der Waals surface area (Å²) in [5.41, 5.74) is 0. The van der Waals surface area contributed by atoms with E-state index in [4.69, 9.17) is 4.74 Å². The molecule has 114 valence electrons. The number of aliphatic imine (C=N–C) groups is 1. The Bertz CT molecular complexity index is 243. The average Bonchev–Trinajstić information content (AvgIpc) is 2.35. The summed E-state index contributed by atoms with van der Waals surface area (Å²) in [4.78, 5) is 7.02. The van der Waals surface area contributed by atoms with Gasteiger partial charge in [0, 0.05) is 38.8 Å². The van der Waals surface area contributed by atoms with E-state index in [1.807, 2.05) is 0 Å². The summed E-state index contributed by atoms with van der Waals surface area (Å²) in [7, 11) is 0. The van der Waals surface area contributed by atoms with Gasteiger partial charge in [0.15, 0.2) is 5.96 Å². The molecule has 0 radical (unpaired) electrons. The second kappa shape index (κ2) is 11.7. The lowest BCUT2D eigenvalue weighted by atomic mass is 10.3. The van der Waals surface area contributed by atoms with E-state index in [0.29, 0.717) is 6.04 Å². The zero-order valence-electron chi connectivity index (χ0n) is 12.4. The van der Waals surface area contributed by atoms with Gasteiger partial charge in [-0.15, -0.1) is 24.0 Å². The summed E-state index contributed by atoms with van der Waals surface area (Å²) >= 11 is 0. The highest BCUT2D eigenvalue weighted by Crippen LogP contribution is 1.98. The Morgan fingerprint density at radius 3 is 2.58 bits per heavy atom. The maximum atomic E-state index is 5.33. The number of nitrogens with zero attached hydrogens (tertiary/aromatic N) is 2. The smallest absolute Gasteiger partial charge is 0.191 e. The predicted molar refractivity (Wildman–Crippen MR) is 91.5 cm³/mol. The van der Waals surface area contributed by atoms with E-state index >= 15 is 0 Å². The minimum atomic E-state index is 0. The lowest BCUT2D eigenvalue weighted by Gasteiger charge is -2.26. The Morgan fingerprint density at radius 2 is 2.00 bits per heavy atom. The topological polar surface area (TPSA) is 48.9 Å². The van der Waals surface area contributed by atoms with Crippen molar-refractivity contribution in [2.24, 2.45) is 4.99 Å². The fourth-order valence-electron chi connectivity index (χ4n) is 1.90. The largest absolute Gasteiger partial charge is 0.379 e. The molecule has 0 saturated carbocycles. The highest BCUT2D eigenvalue weighted by molar-refractivity contribution is 14.0. The van der Waals surface area contributed by atoms with Crippen molar-refractivity contribution in [3.8, 4) is 0 Å². The third kappa shape index (κ3) is 9.45. The molecule has 6 heteroatoms. The van der Waals surface area contributed by atoms with E-state index in [-0.39, 0.29) is 24.0 Å². The summed E-state index contributed by atoms with van der Waals surface area (Å²) in [6.45, 7) is 13.1.